The van der Waals surface area contributed by atoms with Crippen molar-refractivity contribution < 1.29 is 18.7 Å². The fourth-order valence-electron chi connectivity index (χ4n) is 2.65. The molecule has 0 unspecified atom stereocenters. The number of hydrogen-bond acceptors (Lipinski definition) is 5. The van der Waals surface area contributed by atoms with E-state index >= 15 is 0 Å². The van der Waals surface area contributed by atoms with Gasteiger partial charge in [-0.3, -0.25) is 4.79 Å². The number of ether oxygens (including phenoxy) is 1. The number of aromatic hydroxyl groups is 1. The maximum absolute atomic E-state index is 13.0. The van der Waals surface area contributed by atoms with Gasteiger partial charge in [0.05, 0.1) is 5.39 Å². The molecular weight excluding hydrogens is 349 g/mol. The maximum Gasteiger partial charge on any atom is 0.214 e. The Morgan fingerprint density at radius 3 is 2.63 bits per heavy atom. The predicted octanol–water partition coefficient (Wildman–Crippen LogP) is 4.28. The molecule has 0 aliphatic heterocycles. The number of halogens is 1. The summed E-state index contributed by atoms with van der Waals surface area (Å²) in [5.41, 5.74) is 1.05. The van der Waals surface area contributed by atoms with Gasteiger partial charge in [-0.25, -0.2) is 9.37 Å². The Hall–Kier alpha value is -3.67. The van der Waals surface area contributed by atoms with E-state index in [0.29, 0.717) is 11.0 Å². The smallest absolute Gasteiger partial charge is 0.214 e. The molecule has 6 heteroatoms. The normalized spacial score (nSPS) is 10.9. The second-order valence-electron chi connectivity index (χ2n) is 5.90. The molecule has 5 nitrogen and oxygen atoms in total. The standard InChI is InChI=1S/C21H14FNO4/c22-14-7-5-13(6-8-14)12-26-20-10-9-16(24)21(23-20)19-11-17(25)15-3-1-2-4-18(15)27-19/h1-11,24H,12H2. The van der Waals surface area contributed by atoms with Crippen LogP contribution in [-0.2, 0) is 6.61 Å². The van der Waals surface area contributed by atoms with Gasteiger partial charge < -0.3 is 14.3 Å². The molecule has 0 aliphatic rings. The number of hydrogen-bond donors (Lipinski definition) is 1. The average molecular weight is 363 g/mol. The molecule has 134 valence electrons. The fraction of sp³-hybridized carbons (Fsp3) is 0.0476. The number of aromatic nitrogens is 1. The van der Waals surface area contributed by atoms with Crippen LogP contribution in [0.4, 0.5) is 4.39 Å². The van der Waals surface area contributed by atoms with Gasteiger partial charge in [0, 0.05) is 12.1 Å². The minimum absolute atomic E-state index is 0.106. The lowest BCUT2D eigenvalue weighted by Crippen LogP contribution is -2.02. The molecule has 27 heavy (non-hydrogen) atoms. The summed E-state index contributed by atoms with van der Waals surface area (Å²) < 4.78 is 24.3. The van der Waals surface area contributed by atoms with Gasteiger partial charge in [0.15, 0.2) is 16.9 Å². The highest BCUT2D eigenvalue weighted by Gasteiger charge is 2.13. The minimum Gasteiger partial charge on any atom is -0.506 e. The van der Waals surface area contributed by atoms with Crippen LogP contribution in [0, 0.1) is 5.82 Å². The molecule has 2 heterocycles. The number of benzene rings is 2. The van der Waals surface area contributed by atoms with E-state index in [1.54, 1.807) is 36.4 Å². The van der Waals surface area contributed by atoms with Gasteiger partial charge in [0.2, 0.25) is 5.88 Å². The highest BCUT2D eigenvalue weighted by molar-refractivity contribution is 5.78. The van der Waals surface area contributed by atoms with Gasteiger partial charge in [-0.05, 0) is 35.9 Å². The summed E-state index contributed by atoms with van der Waals surface area (Å²) in [5.74, 6) is -0.0796. The maximum atomic E-state index is 13.0. The van der Waals surface area contributed by atoms with E-state index in [1.165, 1.54) is 30.3 Å². The molecule has 0 amide bonds. The van der Waals surface area contributed by atoms with Gasteiger partial charge in [-0.2, -0.15) is 0 Å². The number of fused-ring (bicyclic) bond motifs is 1. The third kappa shape index (κ3) is 3.50. The molecule has 0 atom stereocenters. The first-order valence-electron chi connectivity index (χ1n) is 8.21. The van der Waals surface area contributed by atoms with Crippen LogP contribution in [0.5, 0.6) is 11.6 Å². The third-order valence-electron chi connectivity index (χ3n) is 4.02. The number of pyridine rings is 1. The second-order valence-corrected chi connectivity index (χ2v) is 5.90. The number of nitrogens with zero attached hydrogens (tertiary/aromatic N) is 1. The van der Waals surface area contributed by atoms with E-state index in [4.69, 9.17) is 9.15 Å². The molecule has 0 radical (unpaired) electrons. The summed E-state index contributed by atoms with van der Waals surface area (Å²) in [4.78, 5) is 16.5. The van der Waals surface area contributed by atoms with E-state index in [0.717, 1.165) is 5.56 Å². The van der Waals surface area contributed by atoms with Crippen LogP contribution < -0.4 is 10.2 Å². The van der Waals surface area contributed by atoms with Crippen LogP contribution >= 0.6 is 0 Å². The summed E-state index contributed by atoms with van der Waals surface area (Å²) in [5, 5.41) is 10.6. The van der Waals surface area contributed by atoms with Gasteiger partial charge in [0.25, 0.3) is 0 Å². The third-order valence-corrected chi connectivity index (χ3v) is 4.02. The molecule has 0 fully saturated rings. The molecule has 4 rings (SSSR count). The monoisotopic (exact) mass is 363 g/mol. The molecule has 0 spiro atoms. The van der Waals surface area contributed by atoms with Crippen molar-refractivity contribution in [3.63, 3.8) is 0 Å². The molecule has 4 aromatic rings. The first-order chi connectivity index (χ1) is 13.1. The molecule has 0 saturated carbocycles. The zero-order valence-corrected chi connectivity index (χ0v) is 14.1. The Labute approximate surface area is 153 Å². The summed E-state index contributed by atoms with van der Waals surface area (Å²) in [7, 11) is 0. The fourth-order valence-corrected chi connectivity index (χ4v) is 2.65. The van der Waals surface area contributed by atoms with Crippen molar-refractivity contribution in [3.8, 4) is 23.1 Å². The lowest BCUT2D eigenvalue weighted by Gasteiger charge is -2.09. The van der Waals surface area contributed by atoms with Gasteiger partial charge in [0.1, 0.15) is 23.8 Å². The predicted molar refractivity (Wildman–Crippen MR) is 98.1 cm³/mol. The molecular formula is C21H14FNO4. The summed E-state index contributed by atoms with van der Waals surface area (Å²) >= 11 is 0. The largest absolute Gasteiger partial charge is 0.506 e. The molecule has 0 saturated heterocycles. The van der Waals surface area contributed by atoms with Crippen LogP contribution in [0.3, 0.4) is 0 Å². The van der Waals surface area contributed by atoms with Crippen molar-refractivity contribution >= 4 is 11.0 Å². The lowest BCUT2D eigenvalue weighted by molar-refractivity contribution is 0.293. The number of para-hydroxylation sites is 1. The van der Waals surface area contributed by atoms with E-state index in [9.17, 15) is 14.3 Å². The van der Waals surface area contributed by atoms with Crippen molar-refractivity contribution in [3.05, 3.63) is 88.3 Å². The van der Waals surface area contributed by atoms with Gasteiger partial charge in [-0.1, -0.05) is 24.3 Å². The highest BCUT2D eigenvalue weighted by atomic mass is 19.1. The quantitative estimate of drug-likeness (QED) is 0.586. The van der Waals surface area contributed by atoms with Crippen LogP contribution in [-0.4, -0.2) is 10.1 Å². The summed E-state index contributed by atoms with van der Waals surface area (Å²) in [6.07, 6.45) is 0. The van der Waals surface area contributed by atoms with Crippen molar-refractivity contribution in [2.75, 3.05) is 0 Å². The van der Waals surface area contributed by atoms with Crippen LogP contribution in [0.2, 0.25) is 0 Å². The molecule has 1 N–H and O–H groups in total. The Morgan fingerprint density at radius 1 is 1.04 bits per heavy atom. The van der Waals surface area contributed by atoms with E-state index in [1.807, 2.05) is 0 Å². The SMILES string of the molecule is O=c1cc(-c2nc(OCc3ccc(F)cc3)ccc2O)oc2ccccc12. The van der Waals surface area contributed by atoms with E-state index in [2.05, 4.69) is 4.98 Å². The molecule has 0 aliphatic carbocycles. The first kappa shape index (κ1) is 16.8. The molecule has 2 aromatic heterocycles. The Bertz CT molecular complexity index is 1170. The van der Waals surface area contributed by atoms with Gasteiger partial charge >= 0.3 is 0 Å². The topological polar surface area (TPSA) is 72.6 Å². The highest BCUT2D eigenvalue weighted by Crippen LogP contribution is 2.30. The van der Waals surface area contributed by atoms with Crippen LogP contribution in [0.1, 0.15) is 5.56 Å². The minimum atomic E-state index is -0.324. The molecule has 2 aromatic carbocycles. The second kappa shape index (κ2) is 6.92. The van der Waals surface area contributed by atoms with Crippen molar-refractivity contribution in [2.24, 2.45) is 0 Å². The zero-order valence-electron chi connectivity index (χ0n) is 14.1. The molecule has 0 bridgehead atoms. The summed E-state index contributed by atoms with van der Waals surface area (Å²) in [6.45, 7) is 0.180. The Kier molecular flexibility index (Phi) is 4.30. The first-order valence-corrected chi connectivity index (χ1v) is 8.21. The number of rotatable bonds is 4. The van der Waals surface area contributed by atoms with Crippen molar-refractivity contribution in [1.82, 2.24) is 4.98 Å². The summed E-state index contributed by atoms with van der Waals surface area (Å²) in [6, 6.07) is 17.0. The van der Waals surface area contributed by atoms with E-state index < -0.39 is 0 Å². The van der Waals surface area contributed by atoms with Crippen molar-refractivity contribution in [1.29, 1.82) is 0 Å². The van der Waals surface area contributed by atoms with E-state index in [-0.39, 0.29) is 40.9 Å². The zero-order chi connectivity index (χ0) is 18.8. The van der Waals surface area contributed by atoms with Gasteiger partial charge in [-0.15, -0.1) is 0 Å². The lowest BCUT2D eigenvalue weighted by atomic mass is 10.2. The Morgan fingerprint density at radius 2 is 1.81 bits per heavy atom. The van der Waals surface area contributed by atoms with Crippen LogP contribution in [0.15, 0.2) is 75.9 Å². The average Bonchev–Trinajstić information content (AvgIpc) is 2.68. The van der Waals surface area contributed by atoms with Crippen molar-refractivity contribution in [2.45, 2.75) is 6.61 Å². The van der Waals surface area contributed by atoms with Crippen LogP contribution in [0.25, 0.3) is 22.4 Å². The Balaban J connectivity index is 1.66.